The van der Waals surface area contributed by atoms with Crippen molar-refractivity contribution in [2.24, 2.45) is 11.8 Å². The summed E-state index contributed by atoms with van der Waals surface area (Å²) in [7, 11) is 0. The SMILES string of the molecule is C[C@@H]1[C@H](C)CCC[C@@H]1n1c(S[C@@H]2CCCCC2=O)nc2ccccc2c1=O. The molecule has 27 heavy (non-hydrogen) atoms. The van der Waals surface area contributed by atoms with E-state index in [1.54, 1.807) is 0 Å². The number of Topliss-reactive ketones (excluding diaryl/α,β-unsaturated/α-hetero) is 1. The van der Waals surface area contributed by atoms with E-state index in [0.717, 1.165) is 42.8 Å². The fourth-order valence-corrected chi connectivity index (χ4v) is 5.89. The zero-order valence-corrected chi connectivity index (χ0v) is 17.0. The molecule has 1 aromatic heterocycles. The molecule has 0 radical (unpaired) electrons. The Morgan fingerprint density at radius 1 is 1.04 bits per heavy atom. The number of carbonyl (C=O) groups is 1. The fraction of sp³-hybridized carbons (Fsp3) is 0.591. The summed E-state index contributed by atoms with van der Waals surface area (Å²) in [6.45, 7) is 4.55. The third kappa shape index (κ3) is 3.58. The average Bonchev–Trinajstić information content (AvgIpc) is 2.67. The molecule has 0 N–H and O–H groups in total. The van der Waals surface area contributed by atoms with Crippen LogP contribution in [0, 0.1) is 11.8 Å². The van der Waals surface area contributed by atoms with Gasteiger partial charge in [0.25, 0.3) is 5.56 Å². The highest BCUT2D eigenvalue weighted by atomic mass is 32.2. The Balaban J connectivity index is 1.82. The molecule has 0 amide bonds. The lowest BCUT2D eigenvalue weighted by Crippen LogP contribution is -2.36. The van der Waals surface area contributed by atoms with Gasteiger partial charge in [-0.1, -0.05) is 57.0 Å². The lowest BCUT2D eigenvalue weighted by atomic mass is 9.78. The van der Waals surface area contributed by atoms with Crippen molar-refractivity contribution in [1.82, 2.24) is 9.55 Å². The quantitative estimate of drug-likeness (QED) is 0.699. The van der Waals surface area contributed by atoms with Crippen LogP contribution in [0.25, 0.3) is 10.9 Å². The molecule has 4 rings (SSSR count). The second-order valence-corrected chi connectivity index (χ2v) is 9.41. The molecule has 1 aromatic carbocycles. The van der Waals surface area contributed by atoms with Gasteiger partial charge in [0.2, 0.25) is 0 Å². The van der Waals surface area contributed by atoms with Crippen LogP contribution in [0.2, 0.25) is 0 Å². The van der Waals surface area contributed by atoms with E-state index in [1.807, 2.05) is 28.8 Å². The maximum atomic E-state index is 13.4. The molecule has 2 aromatic rings. The summed E-state index contributed by atoms with van der Waals surface area (Å²) in [6, 6.07) is 7.77. The summed E-state index contributed by atoms with van der Waals surface area (Å²) in [5.74, 6) is 1.34. The van der Waals surface area contributed by atoms with Crippen molar-refractivity contribution in [1.29, 1.82) is 0 Å². The zero-order chi connectivity index (χ0) is 19.0. The van der Waals surface area contributed by atoms with Crippen LogP contribution < -0.4 is 5.56 Å². The van der Waals surface area contributed by atoms with Crippen LogP contribution in [0.3, 0.4) is 0 Å². The van der Waals surface area contributed by atoms with Crippen molar-refractivity contribution in [3.05, 3.63) is 34.6 Å². The molecule has 4 atom stereocenters. The topological polar surface area (TPSA) is 52.0 Å². The minimum absolute atomic E-state index is 0.0531. The first-order chi connectivity index (χ1) is 13.1. The molecule has 5 heteroatoms. The van der Waals surface area contributed by atoms with Gasteiger partial charge in [-0.25, -0.2) is 4.98 Å². The minimum atomic E-state index is -0.0608. The van der Waals surface area contributed by atoms with E-state index in [0.29, 0.717) is 29.4 Å². The number of hydrogen-bond acceptors (Lipinski definition) is 4. The van der Waals surface area contributed by atoms with Crippen LogP contribution >= 0.6 is 11.8 Å². The molecule has 2 aliphatic rings. The van der Waals surface area contributed by atoms with E-state index < -0.39 is 0 Å². The van der Waals surface area contributed by atoms with E-state index >= 15 is 0 Å². The van der Waals surface area contributed by atoms with Crippen molar-refractivity contribution in [2.75, 3.05) is 0 Å². The van der Waals surface area contributed by atoms with Gasteiger partial charge in [-0.2, -0.15) is 0 Å². The minimum Gasteiger partial charge on any atom is -0.298 e. The molecule has 2 saturated carbocycles. The third-order valence-corrected chi connectivity index (χ3v) is 7.80. The summed E-state index contributed by atoms with van der Waals surface area (Å²) in [4.78, 5) is 30.7. The lowest BCUT2D eigenvalue weighted by Gasteiger charge is -2.36. The maximum Gasteiger partial charge on any atom is 0.262 e. The number of nitrogens with zero attached hydrogens (tertiary/aromatic N) is 2. The maximum absolute atomic E-state index is 13.4. The first kappa shape index (κ1) is 18.7. The standard InChI is InChI=1S/C22H28N2O2S/c1-14-8-7-11-18(15(14)2)24-21(26)16-9-3-4-10-17(16)23-22(24)27-20-13-6-5-12-19(20)25/h3-4,9-10,14-15,18,20H,5-8,11-13H2,1-2H3/t14-,15-,18+,20-/m1/s1. The molecule has 0 saturated heterocycles. The van der Waals surface area contributed by atoms with Gasteiger partial charge in [0.05, 0.1) is 16.2 Å². The first-order valence-corrected chi connectivity index (χ1v) is 11.1. The monoisotopic (exact) mass is 384 g/mol. The van der Waals surface area contributed by atoms with Crippen molar-refractivity contribution < 1.29 is 4.79 Å². The normalized spacial score (nSPS) is 29.2. The third-order valence-electron chi connectivity index (χ3n) is 6.52. The Morgan fingerprint density at radius 3 is 2.67 bits per heavy atom. The molecule has 2 fully saturated rings. The predicted octanol–water partition coefficient (Wildman–Crippen LogP) is 5.00. The Hall–Kier alpha value is -1.62. The van der Waals surface area contributed by atoms with Gasteiger partial charge >= 0.3 is 0 Å². The van der Waals surface area contributed by atoms with Gasteiger partial charge in [-0.15, -0.1) is 0 Å². The van der Waals surface area contributed by atoms with Gasteiger partial charge in [0, 0.05) is 12.5 Å². The Labute approximate surface area is 164 Å². The Bertz CT molecular complexity index is 907. The molecule has 4 nitrogen and oxygen atoms in total. The van der Waals surface area contributed by atoms with Gasteiger partial charge in [-0.3, -0.25) is 14.2 Å². The van der Waals surface area contributed by atoms with Crippen molar-refractivity contribution >= 4 is 28.4 Å². The van der Waals surface area contributed by atoms with Gasteiger partial charge < -0.3 is 0 Å². The number of hydrogen-bond donors (Lipinski definition) is 0. The molecular formula is C22H28N2O2S. The van der Waals surface area contributed by atoms with Crippen molar-refractivity contribution in [3.8, 4) is 0 Å². The van der Waals surface area contributed by atoms with Crippen LogP contribution in [0.1, 0.15) is 64.8 Å². The van der Waals surface area contributed by atoms with E-state index in [4.69, 9.17) is 4.98 Å². The molecule has 0 spiro atoms. The molecule has 0 unspecified atom stereocenters. The summed E-state index contributed by atoms with van der Waals surface area (Å²) in [6.07, 6.45) is 6.99. The van der Waals surface area contributed by atoms with Crippen LogP contribution in [0.4, 0.5) is 0 Å². The number of rotatable bonds is 3. The molecule has 2 aliphatic carbocycles. The number of thioether (sulfide) groups is 1. The lowest BCUT2D eigenvalue weighted by molar-refractivity contribution is -0.119. The summed E-state index contributed by atoms with van der Waals surface area (Å²) < 4.78 is 1.94. The highest BCUT2D eigenvalue weighted by Gasteiger charge is 2.33. The van der Waals surface area contributed by atoms with Crippen molar-refractivity contribution in [3.63, 3.8) is 0 Å². The number of para-hydroxylation sites is 1. The second-order valence-electron chi connectivity index (χ2n) is 8.24. The van der Waals surface area contributed by atoms with Gasteiger partial charge in [0.1, 0.15) is 5.78 Å². The van der Waals surface area contributed by atoms with Crippen LogP contribution in [0.5, 0.6) is 0 Å². The highest BCUT2D eigenvalue weighted by Crippen LogP contribution is 2.40. The van der Waals surface area contributed by atoms with Crippen LogP contribution in [0.15, 0.2) is 34.2 Å². The molecule has 1 heterocycles. The van der Waals surface area contributed by atoms with Gasteiger partial charge in [0.15, 0.2) is 5.16 Å². The number of ketones is 1. The first-order valence-electron chi connectivity index (χ1n) is 10.3. The predicted molar refractivity (Wildman–Crippen MR) is 110 cm³/mol. The van der Waals surface area contributed by atoms with Crippen molar-refractivity contribution in [2.45, 2.75) is 75.2 Å². The summed E-state index contributed by atoms with van der Waals surface area (Å²) in [5, 5.41) is 1.36. The molecular weight excluding hydrogens is 356 g/mol. The number of benzene rings is 1. The number of fused-ring (bicyclic) bond motifs is 1. The van der Waals surface area contributed by atoms with Gasteiger partial charge in [-0.05, 0) is 43.2 Å². The van der Waals surface area contributed by atoms with Crippen LogP contribution in [-0.4, -0.2) is 20.6 Å². The molecule has 0 bridgehead atoms. The smallest absolute Gasteiger partial charge is 0.262 e. The Morgan fingerprint density at radius 2 is 1.85 bits per heavy atom. The summed E-state index contributed by atoms with van der Waals surface area (Å²) >= 11 is 1.53. The summed E-state index contributed by atoms with van der Waals surface area (Å²) in [5.41, 5.74) is 0.790. The highest BCUT2D eigenvalue weighted by molar-refractivity contribution is 8.00. The average molecular weight is 385 g/mol. The van der Waals surface area contributed by atoms with E-state index in [1.165, 1.54) is 18.2 Å². The Kier molecular flexibility index (Phi) is 5.40. The molecule has 0 aliphatic heterocycles. The number of carbonyl (C=O) groups excluding carboxylic acids is 1. The second kappa shape index (κ2) is 7.78. The van der Waals surface area contributed by atoms with Crippen LogP contribution in [-0.2, 0) is 4.79 Å². The van der Waals surface area contributed by atoms with E-state index in [9.17, 15) is 9.59 Å². The van der Waals surface area contributed by atoms with E-state index in [-0.39, 0.29) is 16.9 Å². The fourth-order valence-electron chi connectivity index (χ4n) is 4.62. The number of aromatic nitrogens is 2. The zero-order valence-electron chi connectivity index (χ0n) is 16.2. The van der Waals surface area contributed by atoms with E-state index in [2.05, 4.69) is 13.8 Å². The molecule has 144 valence electrons. The largest absolute Gasteiger partial charge is 0.298 e.